The molecule has 6 heteroatoms. The van der Waals surface area contributed by atoms with Gasteiger partial charge in [-0.1, -0.05) is 23.2 Å². The molecule has 2 rings (SSSR count). The minimum Gasteiger partial charge on any atom is -0.353 e. The van der Waals surface area contributed by atoms with Crippen molar-refractivity contribution in [2.24, 2.45) is 11.8 Å². The van der Waals surface area contributed by atoms with Gasteiger partial charge in [-0.25, -0.2) is 10.8 Å². The van der Waals surface area contributed by atoms with Crippen LogP contribution in [0.25, 0.3) is 0 Å². The van der Waals surface area contributed by atoms with Crippen molar-refractivity contribution >= 4 is 34.8 Å². The van der Waals surface area contributed by atoms with Gasteiger partial charge in [-0.15, -0.1) is 0 Å². The maximum Gasteiger partial charge on any atom is 0.161 e. The molecule has 0 atom stereocenters. The average molecular weight is 289 g/mol. The lowest BCUT2D eigenvalue weighted by Crippen LogP contribution is -2.34. The number of nitrogens with zero attached hydrogens (tertiary/aromatic N) is 2. The van der Waals surface area contributed by atoms with Crippen molar-refractivity contribution < 1.29 is 0 Å². The van der Waals surface area contributed by atoms with E-state index in [2.05, 4.69) is 29.2 Å². The van der Waals surface area contributed by atoms with E-state index in [1.165, 1.54) is 12.8 Å². The first-order chi connectivity index (χ1) is 8.52. The van der Waals surface area contributed by atoms with Crippen LogP contribution in [0, 0.1) is 5.92 Å². The Labute approximate surface area is 117 Å². The second kappa shape index (κ2) is 5.51. The van der Waals surface area contributed by atoms with E-state index in [0.29, 0.717) is 21.9 Å². The van der Waals surface area contributed by atoms with Crippen LogP contribution in [-0.2, 0) is 0 Å². The first kappa shape index (κ1) is 13.7. The van der Waals surface area contributed by atoms with Crippen LogP contribution in [-0.4, -0.2) is 17.6 Å². The molecule has 1 heterocycles. The van der Waals surface area contributed by atoms with E-state index >= 15 is 0 Å². The monoisotopic (exact) mass is 288 g/mol. The Balaban J connectivity index is 2.32. The van der Waals surface area contributed by atoms with Crippen molar-refractivity contribution in [3.63, 3.8) is 0 Å². The van der Waals surface area contributed by atoms with Gasteiger partial charge in [0.25, 0.3) is 0 Å². The molecule has 1 saturated carbocycles. The quantitative estimate of drug-likeness (QED) is 0.645. The molecule has 1 aliphatic rings. The molecule has 100 valence electrons. The Bertz CT molecular complexity index is 432. The lowest BCUT2D eigenvalue weighted by Gasteiger charge is -2.29. The molecule has 1 aliphatic carbocycles. The van der Waals surface area contributed by atoms with Crippen molar-refractivity contribution in [1.82, 2.24) is 4.98 Å². The van der Waals surface area contributed by atoms with E-state index in [9.17, 15) is 0 Å². The minimum absolute atomic E-state index is 0.336. The van der Waals surface area contributed by atoms with Crippen molar-refractivity contribution in [2.75, 3.05) is 16.9 Å². The molecular weight excluding hydrogens is 271 g/mol. The van der Waals surface area contributed by atoms with Crippen molar-refractivity contribution in [1.29, 1.82) is 0 Å². The molecule has 0 amide bonds. The molecule has 1 aromatic heterocycles. The highest BCUT2D eigenvalue weighted by Gasteiger charge is 2.27. The van der Waals surface area contributed by atoms with Crippen molar-refractivity contribution in [2.45, 2.75) is 32.7 Å². The van der Waals surface area contributed by atoms with Crippen LogP contribution in [0.2, 0.25) is 10.0 Å². The smallest absolute Gasteiger partial charge is 0.161 e. The van der Waals surface area contributed by atoms with Crippen LogP contribution in [0.15, 0.2) is 6.07 Å². The molecule has 0 bridgehead atoms. The highest BCUT2D eigenvalue weighted by atomic mass is 35.5. The number of nitrogen functional groups attached to an aromatic ring is 1. The highest BCUT2D eigenvalue weighted by Crippen LogP contribution is 2.36. The molecule has 4 nitrogen and oxygen atoms in total. The van der Waals surface area contributed by atoms with E-state index < -0.39 is 0 Å². The first-order valence-corrected chi connectivity index (χ1v) is 6.87. The predicted octanol–water partition coefficient (Wildman–Crippen LogP) is 3.30. The van der Waals surface area contributed by atoms with Gasteiger partial charge >= 0.3 is 0 Å². The fourth-order valence-corrected chi connectivity index (χ4v) is 2.40. The zero-order valence-electron chi connectivity index (χ0n) is 10.6. The summed E-state index contributed by atoms with van der Waals surface area (Å²) in [6.07, 6.45) is 2.58. The lowest BCUT2D eigenvalue weighted by molar-refractivity contribution is 0.637. The maximum absolute atomic E-state index is 6.24. The largest absolute Gasteiger partial charge is 0.353 e. The lowest BCUT2D eigenvalue weighted by atomic mass is 10.2. The Morgan fingerprint density at radius 1 is 1.44 bits per heavy atom. The molecule has 0 aromatic carbocycles. The Kier molecular flexibility index (Phi) is 4.20. The SMILES string of the molecule is CC(C)N(CC1CC1)c1nc(NN)c(Cl)cc1Cl. The Morgan fingerprint density at radius 3 is 2.61 bits per heavy atom. The molecule has 0 radical (unpaired) electrons. The van der Waals surface area contributed by atoms with Gasteiger partial charge < -0.3 is 10.3 Å². The van der Waals surface area contributed by atoms with Gasteiger partial charge in [-0.3, -0.25) is 0 Å². The molecule has 0 spiro atoms. The molecule has 0 saturated heterocycles. The normalized spacial score (nSPS) is 15.0. The number of nitrogens with two attached hydrogens (primary N) is 1. The summed E-state index contributed by atoms with van der Waals surface area (Å²) < 4.78 is 0. The molecular formula is C12H18Cl2N4. The summed E-state index contributed by atoms with van der Waals surface area (Å²) in [6.45, 7) is 5.24. The average Bonchev–Trinajstić information content (AvgIpc) is 3.10. The molecule has 3 N–H and O–H groups in total. The number of hydrazine groups is 1. The zero-order chi connectivity index (χ0) is 13.3. The van der Waals surface area contributed by atoms with Crippen LogP contribution in [0.5, 0.6) is 0 Å². The van der Waals surface area contributed by atoms with Crippen molar-refractivity contribution in [3.8, 4) is 0 Å². The number of anilines is 2. The van der Waals surface area contributed by atoms with Gasteiger partial charge in [0.1, 0.15) is 5.82 Å². The number of pyridine rings is 1. The predicted molar refractivity (Wildman–Crippen MR) is 77.3 cm³/mol. The summed E-state index contributed by atoms with van der Waals surface area (Å²) in [7, 11) is 0. The van der Waals surface area contributed by atoms with Gasteiger partial charge in [0, 0.05) is 12.6 Å². The van der Waals surface area contributed by atoms with E-state index in [0.717, 1.165) is 18.3 Å². The summed E-state index contributed by atoms with van der Waals surface area (Å²) in [5.41, 5.74) is 2.50. The highest BCUT2D eigenvalue weighted by molar-refractivity contribution is 6.37. The molecule has 18 heavy (non-hydrogen) atoms. The van der Waals surface area contributed by atoms with Crippen LogP contribution in [0.3, 0.4) is 0 Å². The maximum atomic E-state index is 6.24. The van der Waals surface area contributed by atoms with Gasteiger partial charge in [-0.05, 0) is 38.7 Å². The summed E-state index contributed by atoms with van der Waals surface area (Å²) in [6, 6.07) is 2.02. The van der Waals surface area contributed by atoms with E-state index in [-0.39, 0.29) is 0 Å². The number of nitrogens with one attached hydrogen (secondary N) is 1. The molecule has 1 fully saturated rings. The van der Waals surface area contributed by atoms with Crippen LogP contribution in [0.1, 0.15) is 26.7 Å². The van der Waals surface area contributed by atoms with Gasteiger partial charge in [0.15, 0.2) is 5.82 Å². The number of aromatic nitrogens is 1. The van der Waals surface area contributed by atoms with Gasteiger partial charge in [0.2, 0.25) is 0 Å². The standard InChI is InChI=1S/C12H18Cl2N4/c1-7(2)18(6-8-3-4-8)12-10(14)5-9(13)11(16-12)17-15/h5,7-8H,3-4,6,15H2,1-2H3,(H,16,17). The number of halogens is 2. The number of hydrogen-bond donors (Lipinski definition) is 2. The van der Waals surface area contributed by atoms with Crippen LogP contribution < -0.4 is 16.2 Å². The summed E-state index contributed by atoms with van der Waals surface area (Å²) in [5.74, 6) is 7.36. The first-order valence-electron chi connectivity index (χ1n) is 6.12. The summed E-state index contributed by atoms with van der Waals surface area (Å²) >= 11 is 12.2. The van der Waals surface area contributed by atoms with Crippen LogP contribution >= 0.6 is 23.2 Å². The van der Waals surface area contributed by atoms with Crippen LogP contribution in [0.4, 0.5) is 11.6 Å². The van der Waals surface area contributed by atoms with E-state index in [1.807, 2.05) is 0 Å². The van der Waals surface area contributed by atoms with Gasteiger partial charge in [-0.2, -0.15) is 0 Å². The number of hydrogen-bond acceptors (Lipinski definition) is 4. The minimum atomic E-state index is 0.336. The Hall–Kier alpha value is -0.710. The second-order valence-corrected chi connectivity index (χ2v) is 5.77. The topological polar surface area (TPSA) is 54.2 Å². The molecule has 0 aliphatic heterocycles. The summed E-state index contributed by atoms with van der Waals surface area (Å²) in [4.78, 5) is 6.62. The third-order valence-electron chi connectivity index (χ3n) is 3.09. The zero-order valence-corrected chi connectivity index (χ0v) is 12.1. The Morgan fingerprint density at radius 2 is 2.11 bits per heavy atom. The second-order valence-electron chi connectivity index (χ2n) is 4.96. The third-order valence-corrected chi connectivity index (χ3v) is 3.66. The fraction of sp³-hybridized carbons (Fsp3) is 0.583. The van der Waals surface area contributed by atoms with E-state index in [1.54, 1.807) is 6.07 Å². The van der Waals surface area contributed by atoms with E-state index in [4.69, 9.17) is 29.0 Å². The molecule has 1 aromatic rings. The van der Waals surface area contributed by atoms with Gasteiger partial charge in [0.05, 0.1) is 10.0 Å². The molecule has 0 unspecified atom stereocenters. The third kappa shape index (κ3) is 2.99. The number of rotatable bonds is 5. The fourth-order valence-electron chi connectivity index (χ4n) is 1.88. The summed E-state index contributed by atoms with van der Waals surface area (Å²) in [5, 5.41) is 0.995. The van der Waals surface area contributed by atoms with Crippen molar-refractivity contribution in [3.05, 3.63) is 16.1 Å².